The molecule has 0 aromatic carbocycles. The summed E-state index contributed by atoms with van der Waals surface area (Å²) in [6, 6.07) is 6.06. The fraction of sp³-hybridized carbons (Fsp3) is 0.389. The highest BCUT2D eigenvalue weighted by Gasteiger charge is 2.21. The standard InChI is InChI=1S/C18H25ClN4O3Si/c1-12(24)22-16-9-13(5-6-21-16)14-10-15(19)23(17(14)18(20)25)11-26-7-8-27(2,3)4/h5-6,9-10H,7-8,11H2,1-4H3,(H2,20,25)(H,21,22,24). The summed E-state index contributed by atoms with van der Waals surface area (Å²) >= 11 is 6.34. The molecule has 9 heteroatoms. The third-order valence-electron chi connectivity index (χ3n) is 3.87. The van der Waals surface area contributed by atoms with Gasteiger partial charge >= 0.3 is 0 Å². The topological polar surface area (TPSA) is 99.2 Å². The highest BCUT2D eigenvalue weighted by Crippen LogP contribution is 2.31. The minimum Gasteiger partial charge on any atom is -0.364 e. The van der Waals surface area contributed by atoms with Crippen LogP contribution < -0.4 is 11.1 Å². The second-order valence-corrected chi connectivity index (χ2v) is 13.5. The first-order valence-corrected chi connectivity index (χ1v) is 12.7. The van der Waals surface area contributed by atoms with Gasteiger partial charge in [0.25, 0.3) is 5.91 Å². The number of carbonyl (C=O) groups excluding carboxylic acids is 2. The van der Waals surface area contributed by atoms with E-state index in [9.17, 15) is 9.59 Å². The van der Waals surface area contributed by atoms with Crippen molar-refractivity contribution in [2.75, 3.05) is 11.9 Å². The van der Waals surface area contributed by atoms with Crippen molar-refractivity contribution in [3.63, 3.8) is 0 Å². The van der Waals surface area contributed by atoms with Crippen LogP contribution in [0.4, 0.5) is 5.82 Å². The molecule has 0 aliphatic heterocycles. The molecule has 146 valence electrons. The van der Waals surface area contributed by atoms with Gasteiger partial charge in [-0.15, -0.1) is 0 Å². The van der Waals surface area contributed by atoms with Gasteiger partial charge in [0.2, 0.25) is 5.91 Å². The number of pyridine rings is 1. The predicted octanol–water partition coefficient (Wildman–Crippen LogP) is 3.57. The summed E-state index contributed by atoms with van der Waals surface area (Å²) in [5.41, 5.74) is 7.10. The number of hydrogen-bond donors (Lipinski definition) is 2. The molecule has 0 spiro atoms. The van der Waals surface area contributed by atoms with Crippen LogP contribution in [0.5, 0.6) is 0 Å². The number of nitrogens with two attached hydrogens (primary N) is 1. The van der Waals surface area contributed by atoms with E-state index in [-0.39, 0.29) is 18.3 Å². The summed E-state index contributed by atoms with van der Waals surface area (Å²) in [4.78, 5) is 27.4. The maximum absolute atomic E-state index is 12.1. The van der Waals surface area contributed by atoms with Crippen molar-refractivity contribution in [1.82, 2.24) is 9.55 Å². The molecule has 27 heavy (non-hydrogen) atoms. The molecule has 0 fully saturated rings. The molecule has 3 N–H and O–H groups in total. The van der Waals surface area contributed by atoms with Gasteiger partial charge in [-0.2, -0.15) is 0 Å². The van der Waals surface area contributed by atoms with Gasteiger partial charge in [0.1, 0.15) is 23.4 Å². The molecule has 7 nitrogen and oxygen atoms in total. The van der Waals surface area contributed by atoms with E-state index in [1.807, 2.05) is 0 Å². The van der Waals surface area contributed by atoms with Gasteiger partial charge in [0, 0.05) is 33.4 Å². The molecule has 0 saturated heterocycles. The summed E-state index contributed by atoms with van der Waals surface area (Å²) in [7, 11) is -1.21. The molecule has 0 bridgehead atoms. The van der Waals surface area contributed by atoms with Crippen molar-refractivity contribution >= 4 is 37.3 Å². The molecular formula is C18H25ClN4O3Si. The van der Waals surface area contributed by atoms with E-state index < -0.39 is 14.0 Å². The largest absolute Gasteiger partial charge is 0.364 e. The Hall–Kier alpha value is -2.16. The number of aromatic nitrogens is 2. The Kier molecular flexibility index (Phi) is 6.80. The molecule has 0 unspecified atom stereocenters. The number of nitrogens with zero attached hydrogens (tertiary/aromatic N) is 2. The van der Waals surface area contributed by atoms with Gasteiger partial charge in [0.15, 0.2) is 0 Å². The Labute approximate surface area is 164 Å². The SMILES string of the molecule is CC(=O)Nc1cc(-c2cc(Cl)n(COCC[Si](C)(C)C)c2C(N)=O)ccn1. The molecule has 0 aliphatic carbocycles. The molecule has 0 atom stereocenters. The predicted molar refractivity (Wildman–Crippen MR) is 110 cm³/mol. The molecule has 2 heterocycles. The van der Waals surface area contributed by atoms with Crippen molar-refractivity contribution in [2.24, 2.45) is 5.73 Å². The number of halogens is 1. The zero-order valence-electron chi connectivity index (χ0n) is 16.0. The highest BCUT2D eigenvalue weighted by atomic mass is 35.5. The average Bonchev–Trinajstić information content (AvgIpc) is 2.87. The minimum absolute atomic E-state index is 0.144. The van der Waals surface area contributed by atoms with E-state index in [1.165, 1.54) is 6.92 Å². The van der Waals surface area contributed by atoms with E-state index in [2.05, 4.69) is 29.9 Å². The normalized spacial score (nSPS) is 11.4. The van der Waals surface area contributed by atoms with Crippen molar-refractivity contribution in [1.29, 1.82) is 0 Å². The summed E-state index contributed by atoms with van der Waals surface area (Å²) in [6.07, 6.45) is 1.54. The van der Waals surface area contributed by atoms with E-state index >= 15 is 0 Å². The number of amides is 2. The monoisotopic (exact) mass is 408 g/mol. The van der Waals surface area contributed by atoms with Gasteiger partial charge in [-0.3, -0.25) is 9.59 Å². The van der Waals surface area contributed by atoms with E-state index in [1.54, 1.807) is 29.0 Å². The Bertz CT molecular complexity index is 846. The van der Waals surface area contributed by atoms with E-state index in [4.69, 9.17) is 22.1 Å². The molecule has 0 radical (unpaired) electrons. The first-order chi connectivity index (χ1) is 12.6. The summed E-state index contributed by atoms with van der Waals surface area (Å²) < 4.78 is 7.29. The van der Waals surface area contributed by atoms with Crippen LogP contribution in [0, 0.1) is 0 Å². The second-order valence-electron chi connectivity index (χ2n) is 7.48. The second kappa shape index (κ2) is 8.68. The third kappa shape index (κ3) is 5.91. The average molecular weight is 409 g/mol. The lowest BCUT2D eigenvalue weighted by Crippen LogP contribution is -2.23. The number of primary amides is 1. The Balaban J connectivity index is 2.30. The Morgan fingerprint density at radius 3 is 2.63 bits per heavy atom. The van der Waals surface area contributed by atoms with Crippen LogP contribution in [0.25, 0.3) is 11.1 Å². The van der Waals surface area contributed by atoms with Gasteiger partial charge in [-0.25, -0.2) is 4.98 Å². The van der Waals surface area contributed by atoms with Crippen LogP contribution in [0.1, 0.15) is 17.4 Å². The lowest BCUT2D eigenvalue weighted by Gasteiger charge is -2.16. The van der Waals surface area contributed by atoms with Crippen LogP contribution >= 0.6 is 11.6 Å². The van der Waals surface area contributed by atoms with Crippen LogP contribution in [-0.2, 0) is 16.3 Å². The minimum atomic E-state index is -1.21. The maximum atomic E-state index is 12.1. The highest BCUT2D eigenvalue weighted by molar-refractivity contribution is 6.76. The Morgan fingerprint density at radius 1 is 1.33 bits per heavy atom. The van der Waals surface area contributed by atoms with Crippen molar-refractivity contribution in [3.8, 4) is 11.1 Å². The van der Waals surface area contributed by atoms with Gasteiger partial charge in [-0.1, -0.05) is 31.2 Å². The van der Waals surface area contributed by atoms with E-state index in [0.717, 1.165) is 6.04 Å². The molecule has 0 saturated carbocycles. The number of ether oxygens (including phenoxy) is 1. The van der Waals surface area contributed by atoms with Gasteiger partial charge < -0.3 is 20.4 Å². The summed E-state index contributed by atoms with van der Waals surface area (Å²) in [6.45, 7) is 8.94. The molecule has 0 aliphatic rings. The van der Waals surface area contributed by atoms with E-state index in [0.29, 0.717) is 28.7 Å². The summed E-state index contributed by atoms with van der Waals surface area (Å²) in [5.74, 6) is -0.463. The molecular weight excluding hydrogens is 384 g/mol. The van der Waals surface area contributed by atoms with Crippen LogP contribution in [0.3, 0.4) is 0 Å². The molecule has 2 aromatic heterocycles. The smallest absolute Gasteiger partial charge is 0.266 e. The van der Waals surface area contributed by atoms with Crippen molar-refractivity contribution in [3.05, 3.63) is 35.2 Å². The number of rotatable bonds is 8. The van der Waals surface area contributed by atoms with Gasteiger partial charge in [0.05, 0.1) is 0 Å². The number of carbonyl (C=O) groups is 2. The number of hydrogen-bond acceptors (Lipinski definition) is 4. The van der Waals surface area contributed by atoms with Crippen LogP contribution in [-0.4, -0.2) is 36.0 Å². The third-order valence-corrected chi connectivity index (χ3v) is 5.89. The van der Waals surface area contributed by atoms with Crippen LogP contribution in [0.15, 0.2) is 24.4 Å². The Morgan fingerprint density at radius 2 is 2.04 bits per heavy atom. The first-order valence-electron chi connectivity index (χ1n) is 8.59. The summed E-state index contributed by atoms with van der Waals surface area (Å²) in [5, 5.41) is 2.97. The first kappa shape index (κ1) is 21.1. The fourth-order valence-electron chi connectivity index (χ4n) is 2.51. The van der Waals surface area contributed by atoms with Crippen molar-refractivity contribution < 1.29 is 14.3 Å². The number of nitrogens with one attached hydrogen (secondary N) is 1. The molecule has 2 amide bonds. The zero-order chi connectivity index (χ0) is 20.2. The molecule has 2 aromatic rings. The quantitative estimate of drug-likeness (QED) is 0.515. The van der Waals surface area contributed by atoms with Crippen LogP contribution in [0.2, 0.25) is 30.8 Å². The fourth-order valence-corrected chi connectivity index (χ4v) is 3.51. The molecule has 2 rings (SSSR count). The van der Waals surface area contributed by atoms with Gasteiger partial charge in [-0.05, 0) is 29.8 Å². The lowest BCUT2D eigenvalue weighted by molar-refractivity contribution is -0.114. The number of anilines is 1. The maximum Gasteiger partial charge on any atom is 0.266 e. The zero-order valence-corrected chi connectivity index (χ0v) is 17.8. The lowest BCUT2D eigenvalue weighted by atomic mass is 10.1. The van der Waals surface area contributed by atoms with Crippen molar-refractivity contribution in [2.45, 2.75) is 39.3 Å².